The molecule has 1 aliphatic rings. The van der Waals surface area contributed by atoms with Crippen LogP contribution in [0.2, 0.25) is 0 Å². The Morgan fingerprint density at radius 2 is 2.08 bits per heavy atom. The van der Waals surface area contributed by atoms with Gasteiger partial charge in [0.25, 0.3) is 0 Å². The van der Waals surface area contributed by atoms with Crippen LogP contribution in [0, 0.1) is 0 Å². The monoisotopic (exact) mass is 463 g/mol. The molecule has 1 aromatic carbocycles. The lowest BCUT2D eigenvalue weighted by molar-refractivity contribution is 0.199. The maximum absolute atomic E-state index is 6.01. The minimum Gasteiger partial charge on any atom is -0.489 e. The zero-order valence-electron chi connectivity index (χ0n) is 14.8. The maximum atomic E-state index is 6.01. The molecule has 1 saturated carbocycles. The van der Waals surface area contributed by atoms with Crippen molar-refractivity contribution in [1.82, 2.24) is 10.6 Å². The molecule has 6 heteroatoms. The van der Waals surface area contributed by atoms with Gasteiger partial charge in [-0.3, -0.25) is 4.99 Å². The number of nitrogens with one attached hydrogen (secondary N) is 2. The molecule has 1 aromatic rings. The van der Waals surface area contributed by atoms with Crippen LogP contribution in [-0.4, -0.2) is 43.2 Å². The second kappa shape index (κ2) is 11.8. The number of hydrogen-bond donors (Lipinski definition) is 2. The highest BCUT2D eigenvalue weighted by Crippen LogP contribution is 2.28. The largest absolute Gasteiger partial charge is 0.489 e. The molecule has 0 heterocycles. The number of benzene rings is 1. The van der Waals surface area contributed by atoms with Gasteiger partial charge in [-0.15, -0.1) is 24.0 Å². The molecule has 0 saturated heterocycles. The lowest BCUT2D eigenvalue weighted by atomic mass is 10.2. The second-order valence-electron chi connectivity index (χ2n) is 5.93. The Bertz CT molecular complexity index is 486. The van der Waals surface area contributed by atoms with E-state index in [9.17, 15) is 0 Å². The molecule has 4 nitrogen and oxygen atoms in total. The van der Waals surface area contributed by atoms with Crippen molar-refractivity contribution in [2.45, 2.75) is 50.0 Å². The van der Waals surface area contributed by atoms with E-state index >= 15 is 0 Å². The predicted octanol–water partition coefficient (Wildman–Crippen LogP) is 3.91. The molecule has 2 N–H and O–H groups in total. The lowest BCUT2D eigenvalue weighted by Crippen LogP contribution is -2.45. The molecule has 0 amide bonds. The van der Waals surface area contributed by atoms with Gasteiger partial charge in [-0.05, 0) is 44.1 Å². The van der Waals surface area contributed by atoms with Gasteiger partial charge in [0.1, 0.15) is 11.9 Å². The number of thioether (sulfide) groups is 1. The van der Waals surface area contributed by atoms with Crippen LogP contribution >= 0.6 is 35.7 Å². The van der Waals surface area contributed by atoms with Gasteiger partial charge in [0.15, 0.2) is 5.96 Å². The molecule has 0 spiro atoms. The van der Waals surface area contributed by atoms with Crippen LogP contribution in [0.3, 0.4) is 0 Å². The first kappa shape index (κ1) is 21.4. The molecule has 2 rings (SSSR count). The van der Waals surface area contributed by atoms with Crippen LogP contribution in [-0.2, 0) is 0 Å². The highest BCUT2D eigenvalue weighted by atomic mass is 127. The van der Waals surface area contributed by atoms with E-state index in [1.165, 1.54) is 19.3 Å². The number of nitrogens with zero attached hydrogens (tertiary/aromatic N) is 1. The van der Waals surface area contributed by atoms with Gasteiger partial charge in [0, 0.05) is 18.3 Å². The SMILES string of the molecule is CCC(CNC(=NC)NC1CCC(SC)C1)Oc1ccccc1.I. The Morgan fingerprint density at radius 1 is 1.33 bits per heavy atom. The summed E-state index contributed by atoms with van der Waals surface area (Å²) in [5, 5.41) is 7.74. The fourth-order valence-electron chi connectivity index (χ4n) is 2.84. The van der Waals surface area contributed by atoms with E-state index in [0.29, 0.717) is 6.04 Å². The molecular weight excluding hydrogens is 433 g/mol. The number of rotatable bonds is 7. The van der Waals surface area contributed by atoms with Crippen LogP contribution < -0.4 is 15.4 Å². The third-order valence-corrected chi connectivity index (χ3v) is 5.38. The highest BCUT2D eigenvalue weighted by Gasteiger charge is 2.24. The average molecular weight is 463 g/mol. The molecule has 3 atom stereocenters. The zero-order valence-corrected chi connectivity index (χ0v) is 18.0. The summed E-state index contributed by atoms with van der Waals surface area (Å²) in [5.41, 5.74) is 0. The van der Waals surface area contributed by atoms with Crippen LogP contribution in [0.4, 0.5) is 0 Å². The first-order chi connectivity index (χ1) is 11.2. The fourth-order valence-corrected chi connectivity index (χ4v) is 3.64. The van der Waals surface area contributed by atoms with Gasteiger partial charge in [-0.1, -0.05) is 25.1 Å². The number of halogens is 1. The van der Waals surface area contributed by atoms with Crippen molar-refractivity contribution in [3.8, 4) is 5.75 Å². The van der Waals surface area contributed by atoms with Crippen LogP contribution in [0.15, 0.2) is 35.3 Å². The Balaban J connectivity index is 0.00000288. The Kier molecular flexibility index (Phi) is 10.6. The van der Waals surface area contributed by atoms with Crippen molar-refractivity contribution in [3.63, 3.8) is 0 Å². The number of hydrogen-bond acceptors (Lipinski definition) is 3. The summed E-state index contributed by atoms with van der Waals surface area (Å²) < 4.78 is 6.01. The van der Waals surface area contributed by atoms with Gasteiger partial charge >= 0.3 is 0 Å². The third-order valence-electron chi connectivity index (χ3n) is 4.28. The van der Waals surface area contributed by atoms with Crippen molar-refractivity contribution in [2.24, 2.45) is 4.99 Å². The first-order valence-electron chi connectivity index (χ1n) is 8.46. The summed E-state index contributed by atoms with van der Waals surface area (Å²) in [6.45, 7) is 2.90. The lowest BCUT2D eigenvalue weighted by Gasteiger charge is -2.21. The Labute approximate surface area is 167 Å². The van der Waals surface area contributed by atoms with E-state index in [1.807, 2.05) is 49.1 Å². The van der Waals surface area contributed by atoms with Crippen molar-refractivity contribution >= 4 is 41.7 Å². The normalized spacial score (nSPS) is 21.7. The van der Waals surface area contributed by atoms with E-state index in [0.717, 1.165) is 29.9 Å². The van der Waals surface area contributed by atoms with Gasteiger partial charge in [0.05, 0.1) is 6.54 Å². The van der Waals surface area contributed by atoms with Crippen LogP contribution in [0.5, 0.6) is 5.75 Å². The summed E-state index contributed by atoms with van der Waals surface area (Å²) in [6.07, 6.45) is 7.04. The molecule has 136 valence electrons. The van der Waals surface area contributed by atoms with E-state index in [4.69, 9.17) is 4.74 Å². The highest BCUT2D eigenvalue weighted by molar-refractivity contribution is 14.0. The standard InChI is InChI=1S/C18H29N3OS.HI/c1-4-15(22-16-8-6-5-7-9-16)13-20-18(19-2)21-14-10-11-17(12-14)23-3;/h5-9,14-15,17H,4,10-13H2,1-3H3,(H2,19,20,21);1H. The van der Waals surface area contributed by atoms with Crippen molar-refractivity contribution < 1.29 is 4.74 Å². The van der Waals surface area contributed by atoms with Gasteiger partial charge in [0.2, 0.25) is 0 Å². The molecule has 24 heavy (non-hydrogen) atoms. The zero-order chi connectivity index (χ0) is 16.5. The summed E-state index contributed by atoms with van der Waals surface area (Å²) in [4.78, 5) is 4.35. The maximum Gasteiger partial charge on any atom is 0.191 e. The third kappa shape index (κ3) is 7.09. The number of ether oxygens (including phenoxy) is 1. The van der Waals surface area contributed by atoms with E-state index in [1.54, 1.807) is 0 Å². The molecule has 0 radical (unpaired) electrons. The summed E-state index contributed by atoms with van der Waals surface area (Å²) >= 11 is 1.97. The number of guanidine groups is 1. The number of para-hydroxylation sites is 1. The Hall–Kier alpha value is -0.630. The summed E-state index contributed by atoms with van der Waals surface area (Å²) in [6, 6.07) is 10.5. The quantitative estimate of drug-likeness (QED) is 0.366. The first-order valence-corrected chi connectivity index (χ1v) is 9.75. The van der Waals surface area contributed by atoms with E-state index < -0.39 is 0 Å². The molecule has 1 fully saturated rings. The number of aliphatic imine (C=N–C) groups is 1. The van der Waals surface area contributed by atoms with E-state index in [2.05, 4.69) is 28.8 Å². The summed E-state index contributed by atoms with van der Waals surface area (Å²) in [7, 11) is 1.83. The minimum absolute atomic E-state index is 0. The van der Waals surface area contributed by atoms with E-state index in [-0.39, 0.29) is 30.1 Å². The predicted molar refractivity (Wildman–Crippen MR) is 116 cm³/mol. The topological polar surface area (TPSA) is 45.7 Å². The van der Waals surface area contributed by atoms with Crippen LogP contribution in [0.25, 0.3) is 0 Å². The molecule has 0 bridgehead atoms. The minimum atomic E-state index is 0. The fraction of sp³-hybridized carbons (Fsp3) is 0.611. The Morgan fingerprint density at radius 3 is 2.67 bits per heavy atom. The average Bonchev–Trinajstić information content (AvgIpc) is 3.05. The summed E-state index contributed by atoms with van der Waals surface area (Å²) in [5.74, 6) is 1.80. The molecule has 0 aromatic heterocycles. The van der Waals surface area contributed by atoms with Crippen molar-refractivity contribution in [2.75, 3.05) is 19.8 Å². The molecule has 3 unspecified atom stereocenters. The van der Waals surface area contributed by atoms with Gasteiger partial charge < -0.3 is 15.4 Å². The van der Waals surface area contributed by atoms with Gasteiger partial charge in [-0.25, -0.2) is 0 Å². The molecular formula is C18H30IN3OS. The van der Waals surface area contributed by atoms with Crippen LogP contribution in [0.1, 0.15) is 32.6 Å². The van der Waals surface area contributed by atoms with Gasteiger partial charge in [-0.2, -0.15) is 11.8 Å². The van der Waals surface area contributed by atoms with Crippen molar-refractivity contribution in [1.29, 1.82) is 0 Å². The second-order valence-corrected chi connectivity index (χ2v) is 7.06. The molecule has 1 aliphatic carbocycles. The van der Waals surface area contributed by atoms with Crippen molar-refractivity contribution in [3.05, 3.63) is 30.3 Å². The smallest absolute Gasteiger partial charge is 0.191 e. The molecule has 0 aliphatic heterocycles.